The molecule has 3 N–H and O–H groups in total. The van der Waals surface area contributed by atoms with Crippen molar-refractivity contribution < 1.29 is 9.84 Å². The molecule has 1 atom stereocenters. The molecule has 0 aliphatic heterocycles. The van der Waals surface area contributed by atoms with E-state index < -0.39 is 6.10 Å². The van der Waals surface area contributed by atoms with Crippen molar-refractivity contribution in [3.05, 3.63) is 60.0 Å². The van der Waals surface area contributed by atoms with E-state index in [0.29, 0.717) is 25.6 Å². The van der Waals surface area contributed by atoms with E-state index in [-0.39, 0.29) is 30.6 Å². The Kier molecular flexibility index (Phi) is 9.13. The van der Waals surface area contributed by atoms with Crippen molar-refractivity contribution in [2.75, 3.05) is 19.7 Å². The molecule has 156 valence electrons. The van der Waals surface area contributed by atoms with Gasteiger partial charge in [0.25, 0.3) is 0 Å². The van der Waals surface area contributed by atoms with Gasteiger partial charge in [0.1, 0.15) is 25.0 Å². The number of aromatic nitrogens is 3. The molecule has 0 spiro atoms. The largest absolute Gasteiger partial charge is 0.491 e. The SMILES string of the molecule is CCNC(=NCc1nnc2ccccn12)NCC(O)COc1cccc(C)c1.I. The maximum Gasteiger partial charge on any atom is 0.191 e. The zero-order valence-electron chi connectivity index (χ0n) is 16.6. The molecule has 29 heavy (non-hydrogen) atoms. The number of aliphatic hydroxyl groups is 1. The number of aliphatic imine (C=N–C) groups is 1. The van der Waals surface area contributed by atoms with Crippen LogP contribution < -0.4 is 15.4 Å². The summed E-state index contributed by atoms with van der Waals surface area (Å²) in [4.78, 5) is 4.53. The van der Waals surface area contributed by atoms with Gasteiger partial charge in [0.05, 0.1) is 0 Å². The second kappa shape index (κ2) is 11.6. The molecule has 0 radical (unpaired) electrons. The van der Waals surface area contributed by atoms with Gasteiger partial charge < -0.3 is 20.5 Å². The van der Waals surface area contributed by atoms with Crippen molar-refractivity contribution in [1.82, 2.24) is 25.2 Å². The number of pyridine rings is 1. The molecule has 0 amide bonds. The van der Waals surface area contributed by atoms with Crippen molar-refractivity contribution >= 4 is 35.6 Å². The van der Waals surface area contributed by atoms with Gasteiger partial charge in [-0.3, -0.25) is 4.40 Å². The fourth-order valence-corrected chi connectivity index (χ4v) is 2.66. The van der Waals surface area contributed by atoms with Crippen LogP contribution >= 0.6 is 24.0 Å². The summed E-state index contributed by atoms with van der Waals surface area (Å²) in [5, 5.41) is 24.8. The van der Waals surface area contributed by atoms with Gasteiger partial charge in [-0.25, -0.2) is 4.99 Å². The Balaban J connectivity index is 0.00000300. The van der Waals surface area contributed by atoms with Crippen LogP contribution in [0.5, 0.6) is 5.75 Å². The number of ether oxygens (including phenoxy) is 1. The van der Waals surface area contributed by atoms with E-state index in [2.05, 4.69) is 25.8 Å². The second-order valence-electron chi connectivity index (χ2n) is 6.40. The first-order valence-electron chi connectivity index (χ1n) is 9.34. The number of fused-ring (bicyclic) bond motifs is 1. The summed E-state index contributed by atoms with van der Waals surface area (Å²) in [6.07, 6.45) is 1.24. The minimum atomic E-state index is -0.668. The van der Waals surface area contributed by atoms with Gasteiger partial charge in [-0.15, -0.1) is 34.2 Å². The van der Waals surface area contributed by atoms with Crippen LogP contribution in [0.15, 0.2) is 53.7 Å². The molecule has 8 nitrogen and oxygen atoms in total. The van der Waals surface area contributed by atoms with Gasteiger partial charge in [-0.05, 0) is 43.7 Å². The summed E-state index contributed by atoms with van der Waals surface area (Å²) < 4.78 is 7.54. The van der Waals surface area contributed by atoms with Crippen molar-refractivity contribution in [3.8, 4) is 5.75 Å². The highest BCUT2D eigenvalue weighted by Crippen LogP contribution is 2.12. The number of guanidine groups is 1. The van der Waals surface area contributed by atoms with E-state index in [9.17, 15) is 5.11 Å². The van der Waals surface area contributed by atoms with Gasteiger partial charge in [-0.2, -0.15) is 0 Å². The van der Waals surface area contributed by atoms with Crippen LogP contribution in [-0.4, -0.2) is 51.5 Å². The Bertz CT molecular complexity index is 930. The van der Waals surface area contributed by atoms with Crippen molar-refractivity contribution in [2.24, 2.45) is 4.99 Å². The molecule has 3 rings (SSSR count). The minimum absolute atomic E-state index is 0. The van der Waals surface area contributed by atoms with Crippen LogP contribution in [0, 0.1) is 6.92 Å². The molecule has 0 bridgehead atoms. The Hall–Kier alpha value is -2.40. The van der Waals surface area contributed by atoms with Gasteiger partial charge in [0.2, 0.25) is 0 Å². The number of rotatable bonds is 8. The van der Waals surface area contributed by atoms with Gasteiger partial charge in [0.15, 0.2) is 17.4 Å². The highest BCUT2D eigenvalue weighted by Gasteiger charge is 2.08. The first kappa shape index (κ1) is 22.9. The number of nitrogens with one attached hydrogen (secondary N) is 2. The lowest BCUT2D eigenvalue weighted by molar-refractivity contribution is 0.110. The number of halogens is 1. The molecule has 0 saturated heterocycles. The van der Waals surface area contributed by atoms with Crippen LogP contribution in [0.1, 0.15) is 18.3 Å². The molecular formula is C20H27IN6O2. The molecule has 1 unspecified atom stereocenters. The zero-order valence-corrected chi connectivity index (χ0v) is 18.9. The van der Waals surface area contributed by atoms with E-state index in [4.69, 9.17) is 4.74 Å². The first-order valence-corrected chi connectivity index (χ1v) is 9.34. The lowest BCUT2D eigenvalue weighted by Gasteiger charge is -2.16. The van der Waals surface area contributed by atoms with Crippen LogP contribution in [0.25, 0.3) is 5.65 Å². The van der Waals surface area contributed by atoms with Crippen molar-refractivity contribution in [2.45, 2.75) is 26.5 Å². The zero-order chi connectivity index (χ0) is 19.8. The van der Waals surface area contributed by atoms with Crippen LogP contribution in [-0.2, 0) is 6.54 Å². The third-order valence-corrected chi connectivity index (χ3v) is 4.04. The second-order valence-corrected chi connectivity index (χ2v) is 6.40. The van der Waals surface area contributed by atoms with Crippen LogP contribution in [0.3, 0.4) is 0 Å². The van der Waals surface area contributed by atoms with Crippen LogP contribution in [0.4, 0.5) is 0 Å². The lowest BCUT2D eigenvalue weighted by Crippen LogP contribution is -2.42. The van der Waals surface area contributed by atoms with E-state index in [1.807, 2.05) is 66.9 Å². The fourth-order valence-electron chi connectivity index (χ4n) is 2.66. The Labute approximate surface area is 187 Å². The monoisotopic (exact) mass is 510 g/mol. The van der Waals surface area contributed by atoms with Gasteiger partial charge >= 0.3 is 0 Å². The Morgan fingerprint density at radius 2 is 2.07 bits per heavy atom. The van der Waals surface area contributed by atoms with E-state index in [1.54, 1.807) is 0 Å². The maximum atomic E-state index is 10.2. The standard InChI is InChI=1S/C20H26N6O2.HI/c1-3-21-20(23-13-19-25-24-18-9-4-5-10-26(18)19)22-12-16(27)14-28-17-8-6-7-15(2)11-17;/h4-11,16,27H,3,12-14H2,1-2H3,(H2,21,22,23);1H. The van der Waals surface area contributed by atoms with E-state index >= 15 is 0 Å². The van der Waals surface area contributed by atoms with Crippen LogP contribution in [0.2, 0.25) is 0 Å². The van der Waals surface area contributed by atoms with E-state index in [0.717, 1.165) is 22.8 Å². The molecule has 9 heteroatoms. The summed E-state index contributed by atoms with van der Waals surface area (Å²) in [5.74, 6) is 2.10. The summed E-state index contributed by atoms with van der Waals surface area (Å²) in [6, 6.07) is 13.5. The third-order valence-electron chi connectivity index (χ3n) is 4.04. The fraction of sp³-hybridized carbons (Fsp3) is 0.350. The van der Waals surface area contributed by atoms with Crippen molar-refractivity contribution in [3.63, 3.8) is 0 Å². The van der Waals surface area contributed by atoms with Gasteiger partial charge in [0, 0.05) is 19.3 Å². The quantitative estimate of drug-likeness (QED) is 0.244. The smallest absolute Gasteiger partial charge is 0.191 e. The lowest BCUT2D eigenvalue weighted by atomic mass is 10.2. The average Bonchev–Trinajstić information content (AvgIpc) is 3.12. The molecule has 0 aliphatic rings. The highest BCUT2D eigenvalue weighted by molar-refractivity contribution is 14.0. The topological polar surface area (TPSA) is 96.1 Å². The molecule has 1 aromatic carbocycles. The normalized spacial score (nSPS) is 12.3. The predicted octanol–water partition coefficient (Wildman–Crippen LogP) is 2.15. The molecule has 2 heterocycles. The van der Waals surface area contributed by atoms with Crippen molar-refractivity contribution in [1.29, 1.82) is 0 Å². The summed E-state index contributed by atoms with van der Waals surface area (Å²) >= 11 is 0. The average molecular weight is 510 g/mol. The molecule has 0 aliphatic carbocycles. The third kappa shape index (κ3) is 6.86. The number of nitrogens with zero attached hydrogens (tertiary/aromatic N) is 4. The molecule has 2 aromatic heterocycles. The predicted molar refractivity (Wildman–Crippen MR) is 124 cm³/mol. The maximum absolute atomic E-state index is 10.2. The van der Waals surface area contributed by atoms with Gasteiger partial charge in [-0.1, -0.05) is 18.2 Å². The number of hydrogen-bond donors (Lipinski definition) is 3. The summed E-state index contributed by atoms with van der Waals surface area (Å²) in [6.45, 7) is 5.59. The highest BCUT2D eigenvalue weighted by atomic mass is 127. The Morgan fingerprint density at radius 1 is 1.21 bits per heavy atom. The summed E-state index contributed by atoms with van der Waals surface area (Å²) in [5.41, 5.74) is 1.90. The number of benzene rings is 1. The molecular weight excluding hydrogens is 483 g/mol. The Morgan fingerprint density at radius 3 is 2.86 bits per heavy atom. The molecule has 0 saturated carbocycles. The minimum Gasteiger partial charge on any atom is -0.491 e. The number of hydrogen-bond acceptors (Lipinski definition) is 5. The summed E-state index contributed by atoms with van der Waals surface area (Å²) in [7, 11) is 0. The number of aliphatic hydroxyl groups excluding tert-OH is 1. The molecule has 0 fully saturated rings. The van der Waals surface area contributed by atoms with E-state index in [1.165, 1.54) is 0 Å². The first-order chi connectivity index (χ1) is 13.7. The molecule has 3 aromatic rings. The number of aryl methyl sites for hydroxylation is 1.